The van der Waals surface area contributed by atoms with E-state index < -0.39 is 18.0 Å². The van der Waals surface area contributed by atoms with Crippen molar-refractivity contribution in [3.63, 3.8) is 0 Å². The molecule has 0 bridgehead atoms. The maximum atomic E-state index is 11.4. The molecule has 0 aliphatic heterocycles. The van der Waals surface area contributed by atoms with E-state index >= 15 is 0 Å². The molecule has 3 N–H and O–H groups in total. The molecule has 6 heteroatoms. The monoisotopic (exact) mass is 265 g/mol. The van der Waals surface area contributed by atoms with Crippen molar-refractivity contribution in [2.24, 2.45) is 0 Å². The summed E-state index contributed by atoms with van der Waals surface area (Å²) in [7, 11) is 1.52. The van der Waals surface area contributed by atoms with Crippen molar-refractivity contribution in [2.45, 2.75) is 6.10 Å². The maximum Gasteiger partial charge on any atom is 0.334 e. The second-order valence-electron chi connectivity index (χ2n) is 3.67. The average Bonchev–Trinajstić information content (AvgIpc) is 2.42. The van der Waals surface area contributed by atoms with Gasteiger partial charge in [0, 0.05) is 11.6 Å². The van der Waals surface area contributed by atoms with Gasteiger partial charge in [-0.05, 0) is 12.1 Å². The van der Waals surface area contributed by atoms with Crippen molar-refractivity contribution in [1.82, 2.24) is 5.32 Å². The van der Waals surface area contributed by atoms with E-state index in [0.29, 0.717) is 5.75 Å². The number of carboxylic acid groups (broad SMARTS) is 1. The number of ether oxygens (including phenoxy) is 1. The average molecular weight is 265 g/mol. The highest BCUT2D eigenvalue weighted by molar-refractivity contribution is 5.92. The van der Waals surface area contributed by atoms with Crippen LogP contribution in [-0.4, -0.2) is 41.8 Å². The molecule has 1 rings (SSSR count). The molecule has 0 unspecified atom stereocenters. The van der Waals surface area contributed by atoms with Gasteiger partial charge in [-0.25, -0.2) is 4.79 Å². The molecule has 0 saturated carbocycles. The van der Waals surface area contributed by atoms with Gasteiger partial charge < -0.3 is 20.3 Å². The first-order chi connectivity index (χ1) is 9.04. The molecule has 0 heterocycles. The lowest BCUT2D eigenvalue weighted by atomic mass is 10.2. The number of rotatable bonds is 6. The smallest absolute Gasteiger partial charge is 0.334 e. The third kappa shape index (κ3) is 4.81. The summed E-state index contributed by atoms with van der Waals surface area (Å²) in [5.41, 5.74) is 0.721. The van der Waals surface area contributed by atoms with E-state index in [1.807, 2.05) is 0 Å². The molecule has 102 valence electrons. The van der Waals surface area contributed by atoms with Crippen molar-refractivity contribution < 1.29 is 24.5 Å². The number of benzene rings is 1. The van der Waals surface area contributed by atoms with Crippen LogP contribution in [-0.2, 0) is 9.59 Å². The van der Waals surface area contributed by atoms with E-state index in [-0.39, 0.29) is 6.54 Å². The van der Waals surface area contributed by atoms with Gasteiger partial charge >= 0.3 is 5.97 Å². The Morgan fingerprint density at radius 2 is 2.11 bits per heavy atom. The van der Waals surface area contributed by atoms with Gasteiger partial charge in [0.05, 0.1) is 13.7 Å². The largest absolute Gasteiger partial charge is 0.496 e. The molecule has 0 radical (unpaired) electrons. The van der Waals surface area contributed by atoms with Gasteiger partial charge in [0.25, 0.3) is 0 Å². The van der Waals surface area contributed by atoms with E-state index in [0.717, 1.165) is 5.56 Å². The lowest BCUT2D eigenvalue weighted by Crippen LogP contribution is -2.35. The van der Waals surface area contributed by atoms with Crippen molar-refractivity contribution in [2.75, 3.05) is 13.7 Å². The highest BCUT2D eigenvalue weighted by atomic mass is 16.5. The topological polar surface area (TPSA) is 95.9 Å². The molecule has 0 fully saturated rings. The van der Waals surface area contributed by atoms with Gasteiger partial charge in [0.15, 0.2) is 6.10 Å². The summed E-state index contributed by atoms with van der Waals surface area (Å²) in [6, 6.07) is 7.13. The Hall–Kier alpha value is -2.34. The van der Waals surface area contributed by atoms with Crippen LogP contribution in [0.2, 0.25) is 0 Å². The minimum absolute atomic E-state index is 0.343. The molecule has 0 saturated heterocycles. The predicted octanol–water partition coefficient (Wildman–Crippen LogP) is 0.270. The molecule has 0 spiro atoms. The summed E-state index contributed by atoms with van der Waals surface area (Å²) in [5.74, 6) is -1.25. The molecule has 19 heavy (non-hydrogen) atoms. The number of carbonyl (C=O) groups is 2. The fourth-order valence-corrected chi connectivity index (χ4v) is 1.31. The molecule has 0 aliphatic carbocycles. The Kier molecular flexibility index (Phi) is 5.56. The van der Waals surface area contributed by atoms with Gasteiger partial charge in [0.1, 0.15) is 5.75 Å². The van der Waals surface area contributed by atoms with Crippen molar-refractivity contribution in [3.05, 3.63) is 35.9 Å². The summed E-state index contributed by atoms with van der Waals surface area (Å²) in [6.07, 6.45) is 1.18. The number of hydrogen-bond donors (Lipinski definition) is 3. The Bertz CT molecular complexity index is 484. The summed E-state index contributed by atoms with van der Waals surface area (Å²) in [4.78, 5) is 21.7. The maximum absolute atomic E-state index is 11.4. The number of aliphatic hydroxyl groups is 1. The van der Waals surface area contributed by atoms with Gasteiger partial charge in [-0.3, -0.25) is 4.79 Å². The molecule has 0 aliphatic rings. The van der Waals surface area contributed by atoms with Crippen molar-refractivity contribution >= 4 is 18.0 Å². The third-order valence-corrected chi connectivity index (χ3v) is 2.31. The quantitative estimate of drug-likeness (QED) is 0.642. The summed E-state index contributed by atoms with van der Waals surface area (Å²) in [6.45, 7) is -0.343. The minimum atomic E-state index is -1.61. The van der Waals surface area contributed by atoms with Gasteiger partial charge in [-0.2, -0.15) is 0 Å². The fraction of sp³-hybridized carbons (Fsp3) is 0.231. The van der Waals surface area contributed by atoms with E-state index in [2.05, 4.69) is 5.32 Å². The molecule has 1 amide bonds. The Balaban J connectivity index is 2.56. The molecule has 1 atom stereocenters. The second kappa shape index (κ2) is 7.17. The predicted molar refractivity (Wildman–Crippen MR) is 68.7 cm³/mol. The first kappa shape index (κ1) is 14.7. The molecular formula is C13H15NO5. The highest BCUT2D eigenvalue weighted by Crippen LogP contribution is 2.18. The Labute approximate surface area is 110 Å². The summed E-state index contributed by atoms with van der Waals surface area (Å²) >= 11 is 0. The van der Waals surface area contributed by atoms with E-state index in [4.69, 9.17) is 14.9 Å². The third-order valence-electron chi connectivity index (χ3n) is 2.31. The zero-order valence-corrected chi connectivity index (χ0v) is 10.4. The standard InChI is InChI=1S/C13H15NO5/c1-19-11-5-3-2-4-9(11)6-7-12(16)14-8-10(15)13(17)18/h2-7,10,15H,8H2,1H3,(H,14,16)(H,17,18)/b7-6+/t10-/m0/s1. The molecule has 1 aromatic rings. The zero-order chi connectivity index (χ0) is 14.3. The Morgan fingerprint density at radius 1 is 1.42 bits per heavy atom. The summed E-state index contributed by atoms with van der Waals surface area (Å²) in [5, 5.41) is 19.7. The SMILES string of the molecule is COc1ccccc1/C=C/C(=O)NC[C@H](O)C(=O)O. The number of aliphatic hydroxyl groups excluding tert-OH is 1. The number of carbonyl (C=O) groups excluding carboxylic acids is 1. The normalized spacial score (nSPS) is 12.1. The van der Waals surface area contributed by atoms with Crippen LogP contribution in [0.3, 0.4) is 0 Å². The molecule has 6 nitrogen and oxygen atoms in total. The van der Waals surface area contributed by atoms with E-state index in [9.17, 15) is 9.59 Å². The molecular weight excluding hydrogens is 250 g/mol. The van der Waals surface area contributed by atoms with Crippen LogP contribution in [0.5, 0.6) is 5.75 Å². The zero-order valence-electron chi connectivity index (χ0n) is 10.4. The van der Waals surface area contributed by atoms with Gasteiger partial charge in [-0.1, -0.05) is 18.2 Å². The number of hydrogen-bond acceptors (Lipinski definition) is 4. The molecule has 1 aromatic carbocycles. The van der Waals surface area contributed by atoms with Crippen LogP contribution in [0.15, 0.2) is 30.3 Å². The van der Waals surface area contributed by atoms with Crippen LogP contribution in [0.25, 0.3) is 6.08 Å². The van der Waals surface area contributed by atoms with Crippen LogP contribution in [0.1, 0.15) is 5.56 Å². The van der Waals surface area contributed by atoms with E-state index in [1.54, 1.807) is 30.3 Å². The van der Waals surface area contributed by atoms with Crippen molar-refractivity contribution in [1.29, 1.82) is 0 Å². The lowest BCUT2D eigenvalue weighted by molar-refractivity contribution is -0.146. The molecule has 0 aromatic heterocycles. The summed E-state index contributed by atoms with van der Waals surface area (Å²) < 4.78 is 5.11. The van der Waals surface area contributed by atoms with Crippen LogP contribution < -0.4 is 10.1 Å². The second-order valence-corrected chi connectivity index (χ2v) is 3.67. The number of para-hydroxylation sites is 1. The van der Waals surface area contributed by atoms with Crippen LogP contribution in [0.4, 0.5) is 0 Å². The van der Waals surface area contributed by atoms with Gasteiger partial charge in [-0.15, -0.1) is 0 Å². The number of carboxylic acids is 1. The number of nitrogens with one attached hydrogen (secondary N) is 1. The highest BCUT2D eigenvalue weighted by Gasteiger charge is 2.12. The number of methoxy groups -OCH3 is 1. The minimum Gasteiger partial charge on any atom is -0.496 e. The van der Waals surface area contributed by atoms with E-state index in [1.165, 1.54) is 13.2 Å². The van der Waals surface area contributed by atoms with Gasteiger partial charge in [0.2, 0.25) is 5.91 Å². The van der Waals surface area contributed by atoms with Crippen molar-refractivity contribution in [3.8, 4) is 5.75 Å². The Morgan fingerprint density at radius 3 is 2.74 bits per heavy atom. The first-order valence-corrected chi connectivity index (χ1v) is 5.54. The number of amides is 1. The van der Waals surface area contributed by atoms with Crippen LogP contribution in [0, 0.1) is 0 Å². The first-order valence-electron chi connectivity index (χ1n) is 5.54. The number of aliphatic carboxylic acids is 1. The fourth-order valence-electron chi connectivity index (χ4n) is 1.31. The van der Waals surface area contributed by atoms with Crippen LogP contribution >= 0.6 is 0 Å². The lowest BCUT2D eigenvalue weighted by Gasteiger charge is -2.06.